The van der Waals surface area contributed by atoms with Crippen molar-refractivity contribution >= 4 is 50.9 Å². The van der Waals surface area contributed by atoms with Gasteiger partial charge in [-0.3, -0.25) is 9.36 Å². The minimum absolute atomic E-state index is 0.117. The predicted molar refractivity (Wildman–Crippen MR) is 128 cm³/mol. The lowest BCUT2D eigenvalue weighted by molar-refractivity contribution is -0.113. The second-order valence-electron chi connectivity index (χ2n) is 7.51. The van der Waals surface area contributed by atoms with Crippen LogP contribution < -0.4 is 11.1 Å². The molecule has 3 heterocycles. The van der Waals surface area contributed by atoms with Crippen LogP contribution in [0.3, 0.4) is 0 Å². The number of hydrogen-bond acceptors (Lipinski definition) is 7. The second kappa shape index (κ2) is 8.65. The minimum Gasteiger partial charge on any atom is -0.383 e. The van der Waals surface area contributed by atoms with E-state index < -0.39 is 0 Å². The van der Waals surface area contributed by atoms with Crippen LogP contribution >= 0.6 is 23.1 Å². The van der Waals surface area contributed by atoms with Crippen molar-refractivity contribution in [3.63, 3.8) is 0 Å². The first kappa shape index (κ1) is 20.5. The van der Waals surface area contributed by atoms with Gasteiger partial charge in [0.15, 0.2) is 5.16 Å². The summed E-state index contributed by atoms with van der Waals surface area (Å²) in [6.07, 6.45) is 3.86. The SMILES string of the molecule is N#Cc1c2c(n(-c3ccccc3)c1NC(=O)CSc1nc(N)c3ccsc3n1)CCCC2. The maximum Gasteiger partial charge on any atom is 0.236 e. The van der Waals surface area contributed by atoms with Gasteiger partial charge < -0.3 is 11.1 Å². The van der Waals surface area contributed by atoms with Crippen molar-refractivity contribution in [3.8, 4) is 11.8 Å². The average molecular weight is 461 g/mol. The quantitative estimate of drug-likeness (QED) is 0.334. The number of carbonyl (C=O) groups is 1. The van der Waals surface area contributed by atoms with E-state index in [2.05, 4.69) is 21.4 Å². The van der Waals surface area contributed by atoms with Crippen LogP contribution in [0.1, 0.15) is 29.7 Å². The number of nitrogens with zero attached hydrogens (tertiary/aromatic N) is 4. The Morgan fingerprint density at radius 3 is 2.84 bits per heavy atom. The van der Waals surface area contributed by atoms with Crippen molar-refractivity contribution in [2.45, 2.75) is 30.8 Å². The highest BCUT2D eigenvalue weighted by molar-refractivity contribution is 7.99. The molecule has 0 saturated heterocycles. The van der Waals surface area contributed by atoms with Crippen molar-refractivity contribution in [2.75, 3.05) is 16.8 Å². The molecule has 1 aliphatic rings. The predicted octanol–water partition coefficient (Wildman–Crippen LogP) is 4.55. The first-order valence-electron chi connectivity index (χ1n) is 10.3. The molecule has 5 rings (SSSR count). The highest BCUT2D eigenvalue weighted by Crippen LogP contribution is 2.36. The maximum atomic E-state index is 12.9. The lowest BCUT2D eigenvalue weighted by Gasteiger charge is -2.17. The first-order valence-corrected chi connectivity index (χ1v) is 12.2. The summed E-state index contributed by atoms with van der Waals surface area (Å²) in [4.78, 5) is 22.5. The number of benzene rings is 1. The van der Waals surface area contributed by atoms with Gasteiger partial charge in [-0.1, -0.05) is 30.0 Å². The van der Waals surface area contributed by atoms with E-state index in [4.69, 9.17) is 5.73 Å². The fourth-order valence-corrected chi connectivity index (χ4v) is 5.60. The number of nitriles is 1. The van der Waals surface area contributed by atoms with Gasteiger partial charge in [0.05, 0.1) is 16.7 Å². The fourth-order valence-electron chi connectivity index (χ4n) is 4.12. The summed E-state index contributed by atoms with van der Waals surface area (Å²) in [6, 6.07) is 14.1. The topological polar surface area (TPSA) is 110 Å². The van der Waals surface area contributed by atoms with Crippen LogP contribution in [0.2, 0.25) is 0 Å². The first-order chi connectivity index (χ1) is 15.7. The molecule has 0 fully saturated rings. The largest absolute Gasteiger partial charge is 0.383 e. The molecule has 1 aliphatic carbocycles. The zero-order valence-electron chi connectivity index (χ0n) is 17.2. The zero-order chi connectivity index (χ0) is 22.1. The van der Waals surface area contributed by atoms with Crippen molar-refractivity contribution in [3.05, 3.63) is 58.6 Å². The van der Waals surface area contributed by atoms with Gasteiger partial charge >= 0.3 is 0 Å². The molecular weight excluding hydrogens is 440 g/mol. The Labute approximate surface area is 193 Å². The van der Waals surface area contributed by atoms with Gasteiger partial charge in [-0.15, -0.1) is 11.3 Å². The molecule has 160 valence electrons. The Kier molecular flexibility index (Phi) is 5.55. The summed E-state index contributed by atoms with van der Waals surface area (Å²) in [5.74, 6) is 0.861. The monoisotopic (exact) mass is 460 g/mol. The molecule has 1 aromatic carbocycles. The van der Waals surface area contributed by atoms with E-state index in [1.165, 1.54) is 23.1 Å². The summed E-state index contributed by atoms with van der Waals surface area (Å²) in [5, 5.41) is 16.1. The molecule has 9 heteroatoms. The number of nitrogens with two attached hydrogens (primary N) is 1. The second-order valence-corrected chi connectivity index (χ2v) is 9.34. The summed E-state index contributed by atoms with van der Waals surface area (Å²) in [7, 11) is 0. The molecule has 4 aromatic rings. The van der Waals surface area contributed by atoms with Gasteiger partial charge in [0, 0.05) is 11.4 Å². The third kappa shape index (κ3) is 3.72. The number of thiophene rings is 1. The molecule has 0 unspecified atom stereocenters. The van der Waals surface area contributed by atoms with Crippen molar-refractivity contribution in [2.24, 2.45) is 0 Å². The number of para-hydroxylation sites is 1. The van der Waals surface area contributed by atoms with E-state index in [1.807, 2.05) is 46.3 Å². The standard InChI is InChI=1S/C23H20N6OS2/c24-12-17-15-8-4-5-9-18(15)29(14-6-2-1-3-7-14)21(17)26-19(30)13-32-23-27-20(25)16-10-11-31-22(16)28-23/h1-3,6-7,10-11H,4-5,8-9,13H2,(H,26,30)(H2,25,27,28). The van der Waals surface area contributed by atoms with E-state index in [-0.39, 0.29) is 11.7 Å². The summed E-state index contributed by atoms with van der Waals surface area (Å²) >= 11 is 2.72. The van der Waals surface area contributed by atoms with E-state index >= 15 is 0 Å². The smallest absolute Gasteiger partial charge is 0.236 e. The van der Waals surface area contributed by atoms with E-state index in [0.717, 1.165) is 52.8 Å². The van der Waals surface area contributed by atoms with Crippen LogP contribution in [0.25, 0.3) is 15.9 Å². The van der Waals surface area contributed by atoms with Gasteiger partial charge in [0.25, 0.3) is 0 Å². The molecular formula is C23H20N6OS2. The number of anilines is 2. The van der Waals surface area contributed by atoms with Crippen molar-refractivity contribution < 1.29 is 4.79 Å². The summed E-state index contributed by atoms with van der Waals surface area (Å²) in [5.41, 5.74) is 9.67. The molecule has 0 aliphatic heterocycles. The van der Waals surface area contributed by atoms with Crippen LogP contribution in [-0.2, 0) is 17.6 Å². The third-order valence-corrected chi connectivity index (χ3v) is 7.18. The molecule has 1 amide bonds. The maximum absolute atomic E-state index is 12.9. The zero-order valence-corrected chi connectivity index (χ0v) is 18.8. The lowest BCUT2D eigenvalue weighted by Crippen LogP contribution is -2.18. The summed E-state index contributed by atoms with van der Waals surface area (Å²) < 4.78 is 2.03. The number of nitrogens with one attached hydrogen (secondary N) is 1. The van der Waals surface area contributed by atoms with Gasteiger partial charge in [0.2, 0.25) is 5.91 Å². The highest BCUT2D eigenvalue weighted by Gasteiger charge is 2.26. The molecule has 7 nitrogen and oxygen atoms in total. The molecule has 0 radical (unpaired) electrons. The Balaban J connectivity index is 1.43. The molecule has 3 N–H and O–H groups in total. The Bertz CT molecular complexity index is 1350. The van der Waals surface area contributed by atoms with E-state index in [9.17, 15) is 10.1 Å². The molecule has 0 bridgehead atoms. The lowest BCUT2D eigenvalue weighted by atomic mass is 9.95. The Hall–Kier alpha value is -3.35. The number of hydrogen-bond donors (Lipinski definition) is 2. The number of fused-ring (bicyclic) bond motifs is 2. The fraction of sp³-hybridized carbons (Fsp3) is 0.217. The number of nitrogen functional groups attached to an aromatic ring is 1. The van der Waals surface area contributed by atoms with Gasteiger partial charge in [-0.2, -0.15) is 5.26 Å². The van der Waals surface area contributed by atoms with Gasteiger partial charge in [-0.05, 0) is 54.8 Å². The Morgan fingerprint density at radius 2 is 2.03 bits per heavy atom. The molecule has 32 heavy (non-hydrogen) atoms. The minimum atomic E-state index is -0.216. The van der Waals surface area contributed by atoms with Crippen LogP contribution in [-0.4, -0.2) is 26.2 Å². The van der Waals surface area contributed by atoms with Gasteiger partial charge in [-0.25, -0.2) is 9.97 Å². The van der Waals surface area contributed by atoms with E-state index in [1.54, 1.807) is 0 Å². The normalized spacial score (nSPS) is 13.0. The molecule has 0 saturated carbocycles. The van der Waals surface area contributed by atoms with Crippen molar-refractivity contribution in [1.82, 2.24) is 14.5 Å². The number of carbonyl (C=O) groups excluding carboxylic acids is 1. The van der Waals surface area contributed by atoms with E-state index in [0.29, 0.717) is 22.4 Å². The molecule has 0 atom stereocenters. The highest BCUT2D eigenvalue weighted by atomic mass is 32.2. The summed E-state index contributed by atoms with van der Waals surface area (Å²) in [6.45, 7) is 0. The van der Waals surface area contributed by atoms with Gasteiger partial charge in [0.1, 0.15) is 22.5 Å². The number of amides is 1. The number of aromatic nitrogens is 3. The number of rotatable bonds is 5. The van der Waals surface area contributed by atoms with Crippen molar-refractivity contribution in [1.29, 1.82) is 5.26 Å². The van der Waals surface area contributed by atoms with Crippen LogP contribution in [0, 0.1) is 11.3 Å². The third-order valence-electron chi connectivity index (χ3n) is 5.52. The average Bonchev–Trinajstić information content (AvgIpc) is 3.41. The van der Waals surface area contributed by atoms with Crippen LogP contribution in [0.5, 0.6) is 0 Å². The Morgan fingerprint density at radius 1 is 1.22 bits per heavy atom. The van der Waals surface area contributed by atoms with Crippen LogP contribution in [0.15, 0.2) is 46.9 Å². The molecule has 3 aromatic heterocycles. The molecule has 0 spiro atoms. The van der Waals surface area contributed by atoms with Crippen LogP contribution in [0.4, 0.5) is 11.6 Å². The number of thioether (sulfide) groups is 1.